The quantitative estimate of drug-likeness (QED) is 0.460. The van der Waals surface area contributed by atoms with Crippen molar-refractivity contribution in [3.63, 3.8) is 0 Å². The van der Waals surface area contributed by atoms with Gasteiger partial charge in [0, 0.05) is 30.8 Å². The highest BCUT2D eigenvalue weighted by Gasteiger charge is 2.16. The fraction of sp³-hybridized carbons (Fsp3) is 0.0870. The van der Waals surface area contributed by atoms with Crippen molar-refractivity contribution in [1.82, 2.24) is 9.38 Å². The summed E-state index contributed by atoms with van der Waals surface area (Å²) in [6, 6.07) is 16.5. The molecule has 4 aromatic rings. The summed E-state index contributed by atoms with van der Waals surface area (Å²) < 4.78 is 1.79. The number of carbonyl (C=O) groups is 2. The average molecular weight is 400 g/mol. The first kappa shape index (κ1) is 19.4. The van der Waals surface area contributed by atoms with Gasteiger partial charge in [-0.1, -0.05) is 36.4 Å². The number of nitrogens with one attached hydrogen (secondary N) is 1. The molecule has 2 heterocycles. The Morgan fingerprint density at radius 3 is 2.70 bits per heavy atom. The van der Waals surface area contributed by atoms with Gasteiger partial charge in [0.15, 0.2) is 0 Å². The lowest BCUT2D eigenvalue weighted by Crippen LogP contribution is -2.16. The zero-order valence-corrected chi connectivity index (χ0v) is 16.1. The number of hydrogen-bond acceptors (Lipinski definition) is 4. The maximum Gasteiger partial charge on any atom is 0.307 e. The van der Waals surface area contributed by atoms with Gasteiger partial charge in [-0.25, -0.2) is 4.98 Å². The normalized spacial score (nSPS) is 10.8. The van der Waals surface area contributed by atoms with Crippen molar-refractivity contribution >= 4 is 23.2 Å². The fourth-order valence-corrected chi connectivity index (χ4v) is 3.38. The minimum atomic E-state index is -0.964. The van der Waals surface area contributed by atoms with Gasteiger partial charge in [0.25, 0.3) is 5.91 Å². The van der Waals surface area contributed by atoms with E-state index < -0.39 is 5.97 Å². The Bertz CT molecular complexity index is 1250. The van der Waals surface area contributed by atoms with Crippen LogP contribution in [0.15, 0.2) is 73.2 Å². The van der Waals surface area contributed by atoms with Crippen LogP contribution in [0.3, 0.4) is 0 Å². The van der Waals surface area contributed by atoms with Crippen molar-refractivity contribution in [3.05, 3.63) is 89.9 Å². The van der Waals surface area contributed by atoms with Gasteiger partial charge < -0.3 is 20.6 Å². The molecule has 0 bridgehead atoms. The number of imidazole rings is 1. The second-order valence-corrected chi connectivity index (χ2v) is 6.89. The van der Waals surface area contributed by atoms with Gasteiger partial charge in [-0.3, -0.25) is 9.59 Å². The van der Waals surface area contributed by atoms with E-state index in [1.54, 1.807) is 47.1 Å². The Morgan fingerprint density at radius 2 is 1.90 bits per heavy atom. The molecule has 0 spiro atoms. The van der Waals surface area contributed by atoms with E-state index in [0.29, 0.717) is 29.0 Å². The minimum absolute atomic E-state index is 0.179. The number of fused-ring (bicyclic) bond motifs is 1. The monoisotopic (exact) mass is 400 g/mol. The summed E-state index contributed by atoms with van der Waals surface area (Å²) in [4.78, 5) is 28.6. The molecule has 0 atom stereocenters. The number of nitrogens with two attached hydrogens (primary N) is 1. The van der Waals surface area contributed by atoms with Crippen LogP contribution in [0.25, 0.3) is 16.8 Å². The summed E-state index contributed by atoms with van der Waals surface area (Å²) >= 11 is 0. The lowest BCUT2D eigenvalue weighted by Gasteiger charge is -2.12. The van der Waals surface area contributed by atoms with Gasteiger partial charge in [-0.2, -0.15) is 0 Å². The standard InChI is InChI=1S/C23H20N4O3/c24-13-15-4-3-6-16(10-15)18-11-19(22-25-8-9-27(22)14-18)23(30)26-20-7-2-1-5-17(20)12-21(28)29/h1-11,14H,12-13,24H2,(H,26,30)(H,28,29). The van der Waals surface area contributed by atoms with Crippen LogP contribution < -0.4 is 11.1 Å². The predicted octanol–water partition coefficient (Wildman–Crippen LogP) is 3.34. The van der Waals surface area contributed by atoms with Crippen molar-refractivity contribution in [3.8, 4) is 11.1 Å². The third-order valence-electron chi connectivity index (χ3n) is 4.84. The third kappa shape index (κ3) is 3.92. The average Bonchev–Trinajstić information content (AvgIpc) is 3.23. The van der Waals surface area contributed by atoms with Crippen molar-refractivity contribution in [1.29, 1.82) is 0 Å². The van der Waals surface area contributed by atoms with Crippen molar-refractivity contribution in [2.24, 2.45) is 5.73 Å². The molecule has 0 unspecified atom stereocenters. The number of anilines is 1. The number of carboxylic acids is 1. The van der Waals surface area contributed by atoms with Gasteiger partial charge in [0.2, 0.25) is 0 Å². The molecule has 4 rings (SSSR count). The smallest absolute Gasteiger partial charge is 0.307 e. The maximum atomic E-state index is 13.1. The maximum absolute atomic E-state index is 13.1. The van der Waals surface area contributed by atoms with Crippen molar-refractivity contribution in [2.75, 3.05) is 5.32 Å². The van der Waals surface area contributed by atoms with Crippen LogP contribution in [-0.2, 0) is 17.8 Å². The highest BCUT2D eigenvalue weighted by atomic mass is 16.4. The summed E-state index contributed by atoms with van der Waals surface area (Å²) in [6.45, 7) is 0.425. The van der Waals surface area contributed by atoms with Gasteiger partial charge in [-0.05, 0) is 40.5 Å². The van der Waals surface area contributed by atoms with E-state index in [1.165, 1.54) is 0 Å². The molecule has 0 aliphatic rings. The topological polar surface area (TPSA) is 110 Å². The number of hydrogen-bond donors (Lipinski definition) is 3. The van der Waals surface area contributed by atoms with E-state index in [0.717, 1.165) is 16.7 Å². The van der Waals surface area contributed by atoms with Gasteiger partial charge in [0.1, 0.15) is 5.65 Å². The molecule has 7 heteroatoms. The van der Waals surface area contributed by atoms with E-state index in [4.69, 9.17) is 10.8 Å². The number of aromatic nitrogens is 2. The van der Waals surface area contributed by atoms with E-state index >= 15 is 0 Å². The molecule has 150 valence electrons. The molecule has 4 N–H and O–H groups in total. The number of aliphatic carboxylic acids is 1. The summed E-state index contributed by atoms with van der Waals surface area (Å²) in [5.74, 6) is -1.32. The van der Waals surface area contributed by atoms with Crippen LogP contribution in [0.1, 0.15) is 21.5 Å². The number of carboxylic acid groups (broad SMARTS) is 1. The Morgan fingerprint density at radius 1 is 1.07 bits per heavy atom. The molecule has 0 aliphatic heterocycles. The molecular weight excluding hydrogens is 380 g/mol. The highest BCUT2D eigenvalue weighted by molar-refractivity contribution is 6.09. The van der Waals surface area contributed by atoms with Gasteiger partial charge in [0.05, 0.1) is 12.0 Å². The number of pyridine rings is 1. The largest absolute Gasteiger partial charge is 0.481 e. The van der Waals surface area contributed by atoms with Gasteiger partial charge >= 0.3 is 5.97 Å². The summed E-state index contributed by atoms with van der Waals surface area (Å²) in [7, 11) is 0. The molecule has 2 aromatic carbocycles. The zero-order chi connectivity index (χ0) is 21.1. The number of para-hydroxylation sites is 1. The van der Waals surface area contributed by atoms with Crippen LogP contribution in [0.4, 0.5) is 5.69 Å². The molecule has 0 fully saturated rings. The molecule has 0 aliphatic carbocycles. The molecule has 30 heavy (non-hydrogen) atoms. The van der Waals surface area contributed by atoms with Crippen LogP contribution >= 0.6 is 0 Å². The number of benzene rings is 2. The van der Waals surface area contributed by atoms with Crippen LogP contribution in [0.2, 0.25) is 0 Å². The Labute approximate surface area is 172 Å². The number of rotatable bonds is 6. The summed E-state index contributed by atoms with van der Waals surface area (Å²) in [6.07, 6.45) is 5.14. The minimum Gasteiger partial charge on any atom is -0.481 e. The molecule has 0 saturated carbocycles. The van der Waals surface area contributed by atoms with E-state index in [9.17, 15) is 9.59 Å². The first-order valence-electron chi connectivity index (χ1n) is 9.42. The second kappa shape index (κ2) is 8.18. The lowest BCUT2D eigenvalue weighted by atomic mass is 10.0. The summed E-state index contributed by atoms with van der Waals surface area (Å²) in [5.41, 5.74) is 10.4. The summed E-state index contributed by atoms with van der Waals surface area (Å²) in [5, 5.41) is 12.0. The third-order valence-corrected chi connectivity index (χ3v) is 4.84. The lowest BCUT2D eigenvalue weighted by molar-refractivity contribution is -0.136. The second-order valence-electron chi connectivity index (χ2n) is 6.89. The Hall–Kier alpha value is -3.97. The number of carbonyl (C=O) groups excluding carboxylic acids is 1. The molecular formula is C23H20N4O3. The molecule has 0 saturated heterocycles. The van der Waals surface area contributed by atoms with Crippen LogP contribution in [-0.4, -0.2) is 26.4 Å². The number of amides is 1. The molecule has 2 aromatic heterocycles. The van der Waals surface area contributed by atoms with E-state index in [2.05, 4.69) is 10.3 Å². The first-order chi connectivity index (χ1) is 14.5. The number of nitrogens with zero attached hydrogens (tertiary/aromatic N) is 2. The highest BCUT2D eigenvalue weighted by Crippen LogP contribution is 2.25. The first-order valence-corrected chi connectivity index (χ1v) is 9.42. The van der Waals surface area contributed by atoms with Gasteiger partial charge in [-0.15, -0.1) is 0 Å². The molecule has 0 radical (unpaired) electrons. The Balaban J connectivity index is 1.74. The van der Waals surface area contributed by atoms with E-state index in [1.807, 2.05) is 30.5 Å². The SMILES string of the molecule is NCc1cccc(-c2cc(C(=O)Nc3ccccc3CC(=O)O)c3nccn3c2)c1. The Kier molecular flexibility index (Phi) is 5.28. The molecule has 1 amide bonds. The van der Waals surface area contributed by atoms with Crippen LogP contribution in [0, 0.1) is 0 Å². The van der Waals surface area contributed by atoms with E-state index in [-0.39, 0.29) is 12.3 Å². The van der Waals surface area contributed by atoms with Crippen molar-refractivity contribution < 1.29 is 14.7 Å². The fourth-order valence-electron chi connectivity index (χ4n) is 3.38. The zero-order valence-electron chi connectivity index (χ0n) is 16.1. The predicted molar refractivity (Wildman–Crippen MR) is 114 cm³/mol. The molecule has 7 nitrogen and oxygen atoms in total. The van der Waals surface area contributed by atoms with Crippen molar-refractivity contribution in [2.45, 2.75) is 13.0 Å². The van der Waals surface area contributed by atoms with Crippen LogP contribution in [0.5, 0.6) is 0 Å².